The lowest BCUT2D eigenvalue weighted by Crippen LogP contribution is -2.61. The van der Waals surface area contributed by atoms with Crippen LogP contribution in [-0.2, 0) is 24.3 Å². The second-order valence-electron chi connectivity index (χ2n) is 13.3. The first-order valence-electron chi connectivity index (χ1n) is 14.6. The van der Waals surface area contributed by atoms with Gasteiger partial charge in [0.2, 0.25) is 0 Å². The van der Waals surface area contributed by atoms with Gasteiger partial charge in [-0.3, -0.25) is 4.79 Å². The highest BCUT2D eigenvalue weighted by atomic mass is 28.4. The van der Waals surface area contributed by atoms with E-state index in [0.717, 1.165) is 16.7 Å². The third-order valence-corrected chi connectivity index (χ3v) is 13.5. The summed E-state index contributed by atoms with van der Waals surface area (Å²) < 4.78 is 19.7. The van der Waals surface area contributed by atoms with Gasteiger partial charge in [0.1, 0.15) is 17.3 Å². The number of hydrogen-bond donors (Lipinski definition) is 1. The Morgan fingerprint density at radius 3 is 1.59 bits per heavy atom. The van der Waals surface area contributed by atoms with Crippen molar-refractivity contribution in [2.45, 2.75) is 83.1 Å². The Balaban J connectivity index is 1.72. The van der Waals surface area contributed by atoms with Crippen molar-refractivity contribution in [2.75, 3.05) is 6.61 Å². The fraction of sp³-hybridized carbons (Fsp3) is 0.457. The molecule has 3 aromatic carbocycles. The lowest BCUT2D eigenvalue weighted by atomic mass is 9.78. The number of rotatable bonds is 9. The topological polar surface area (TPSA) is 65.0 Å². The molecule has 1 aliphatic rings. The maximum Gasteiger partial charge on any atom is 0.311 e. The zero-order valence-corrected chi connectivity index (χ0v) is 26.8. The van der Waals surface area contributed by atoms with Crippen molar-refractivity contribution in [1.29, 1.82) is 0 Å². The van der Waals surface area contributed by atoms with E-state index in [1.807, 2.05) is 105 Å². The van der Waals surface area contributed by atoms with Crippen LogP contribution in [0.3, 0.4) is 0 Å². The van der Waals surface area contributed by atoms with E-state index >= 15 is 0 Å². The lowest BCUT2D eigenvalue weighted by Gasteiger charge is -2.49. The van der Waals surface area contributed by atoms with Gasteiger partial charge in [0, 0.05) is 5.92 Å². The predicted octanol–water partition coefficient (Wildman–Crippen LogP) is 7.33. The first-order chi connectivity index (χ1) is 19.2. The summed E-state index contributed by atoms with van der Waals surface area (Å²) in [5.74, 6) is -1.02. The number of carbonyl (C=O) groups is 1. The van der Waals surface area contributed by atoms with Crippen LogP contribution in [0.2, 0.25) is 18.1 Å². The molecule has 0 amide bonds. The third-order valence-electron chi connectivity index (χ3n) is 9.08. The molecule has 0 aliphatic carbocycles. The molecule has 4 rings (SSSR count). The normalized spacial score (nSPS) is 23.5. The van der Waals surface area contributed by atoms with E-state index in [1.54, 1.807) is 6.92 Å². The highest BCUT2D eigenvalue weighted by Crippen LogP contribution is 2.44. The Morgan fingerprint density at radius 1 is 0.780 bits per heavy atom. The summed E-state index contributed by atoms with van der Waals surface area (Å²) in [6.45, 7) is 16.4. The van der Waals surface area contributed by atoms with Gasteiger partial charge in [0.15, 0.2) is 8.32 Å². The van der Waals surface area contributed by atoms with Gasteiger partial charge >= 0.3 is 5.97 Å². The Labute approximate surface area is 247 Å². The predicted molar refractivity (Wildman–Crippen MR) is 166 cm³/mol. The summed E-state index contributed by atoms with van der Waals surface area (Å²) in [6.07, 6.45) is -1.17. The molecular formula is C35H46O5Si. The zero-order valence-electron chi connectivity index (χ0n) is 25.8. The van der Waals surface area contributed by atoms with Gasteiger partial charge in [0.25, 0.3) is 0 Å². The number of esters is 1. The molecule has 1 heterocycles. The Morgan fingerprint density at radius 2 is 1.20 bits per heavy atom. The van der Waals surface area contributed by atoms with Gasteiger partial charge in [-0.25, -0.2) is 0 Å². The minimum atomic E-state index is -2.20. The van der Waals surface area contributed by atoms with Crippen molar-refractivity contribution in [3.63, 3.8) is 0 Å². The van der Waals surface area contributed by atoms with Crippen molar-refractivity contribution in [3.05, 3.63) is 108 Å². The maximum absolute atomic E-state index is 13.2. The lowest BCUT2D eigenvalue weighted by molar-refractivity contribution is -0.213. The molecule has 0 aromatic heterocycles. The van der Waals surface area contributed by atoms with Gasteiger partial charge in [-0.15, -0.1) is 0 Å². The molecule has 1 aliphatic heterocycles. The van der Waals surface area contributed by atoms with Gasteiger partial charge in [-0.1, -0.05) is 119 Å². The summed E-state index contributed by atoms with van der Waals surface area (Å²) in [5.41, 5.74) is 0.326. The fourth-order valence-electron chi connectivity index (χ4n) is 5.63. The second-order valence-corrected chi connectivity index (χ2v) is 18.0. The molecular weight excluding hydrogens is 528 g/mol. The van der Waals surface area contributed by atoms with Crippen molar-refractivity contribution in [1.82, 2.24) is 0 Å². The maximum atomic E-state index is 13.2. The van der Waals surface area contributed by atoms with Gasteiger partial charge in [-0.2, -0.15) is 0 Å². The van der Waals surface area contributed by atoms with Crippen LogP contribution in [0.25, 0.3) is 0 Å². The van der Waals surface area contributed by atoms with Crippen molar-refractivity contribution in [2.24, 2.45) is 11.8 Å². The van der Waals surface area contributed by atoms with Crippen LogP contribution < -0.4 is 0 Å². The number of cyclic esters (lactones) is 1. The van der Waals surface area contributed by atoms with Crippen LogP contribution >= 0.6 is 0 Å². The summed E-state index contributed by atoms with van der Waals surface area (Å²) >= 11 is 0. The molecule has 0 bridgehead atoms. The van der Waals surface area contributed by atoms with Gasteiger partial charge in [-0.05, 0) is 48.7 Å². The van der Waals surface area contributed by atoms with E-state index in [1.165, 1.54) is 0 Å². The smallest absolute Gasteiger partial charge is 0.311 e. The second kappa shape index (κ2) is 11.8. The van der Waals surface area contributed by atoms with Crippen molar-refractivity contribution in [3.8, 4) is 0 Å². The average Bonchev–Trinajstić information content (AvgIpc) is 2.94. The monoisotopic (exact) mass is 574 g/mol. The molecule has 6 heteroatoms. The van der Waals surface area contributed by atoms with Crippen LogP contribution in [-0.4, -0.2) is 43.8 Å². The molecule has 0 unspecified atom stereocenters. The van der Waals surface area contributed by atoms with E-state index in [9.17, 15) is 9.90 Å². The number of hydrogen-bond acceptors (Lipinski definition) is 5. The first kappa shape index (κ1) is 31.2. The quantitative estimate of drug-likeness (QED) is 0.165. The van der Waals surface area contributed by atoms with E-state index in [0.29, 0.717) is 0 Å². The van der Waals surface area contributed by atoms with E-state index in [4.69, 9.17) is 13.9 Å². The van der Waals surface area contributed by atoms with Gasteiger partial charge < -0.3 is 19.0 Å². The summed E-state index contributed by atoms with van der Waals surface area (Å²) in [4.78, 5) is 13.2. The molecule has 0 saturated carbocycles. The number of ether oxygens (including phenoxy) is 2. The molecule has 5 atom stereocenters. The molecule has 0 spiro atoms. The number of aliphatic hydroxyl groups is 1. The summed E-state index contributed by atoms with van der Waals surface area (Å²) in [6, 6.07) is 30.2. The largest absolute Gasteiger partial charge is 0.459 e. The molecule has 1 fully saturated rings. The molecule has 3 aromatic rings. The third kappa shape index (κ3) is 6.21. The molecule has 220 valence electrons. The summed E-state index contributed by atoms with van der Waals surface area (Å²) in [7, 11) is -2.20. The van der Waals surface area contributed by atoms with Crippen molar-refractivity contribution < 1.29 is 23.8 Å². The number of carbonyl (C=O) groups excluding carboxylic acids is 1. The minimum absolute atomic E-state index is 0.0183. The van der Waals surface area contributed by atoms with Crippen LogP contribution in [0.15, 0.2) is 91.0 Å². The Bertz CT molecular complexity index is 1190. The Kier molecular flexibility index (Phi) is 9.00. The molecule has 41 heavy (non-hydrogen) atoms. The Hall–Kier alpha value is -2.77. The molecule has 1 saturated heterocycles. The number of benzene rings is 3. The highest BCUT2D eigenvalue weighted by molar-refractivity contribution is 6.74. The fourth-order valence-corrected chi connectivity index (χ4v) is 7.08. The van der Waals surface area contributed by atoms with E-state index in [2.05, 4.69) is 33.9 Å². The molecule has 5 nitrogen and oxygen atoms in total. The van der Waals surface area contributed by atoms with Crippen LogP contribution in [0.4, 0.5) is 0 Å². The van der Waals surface area contributed by atoms with E-state index in [-0.39, 0.29) is 29.6 Å². The first-order valence-corrected chi connectivity index (χ1v) is 17.5. The standard InChI is InChI=1S/C35H46O5Si/c1-25-30(40-41(7,8)33(3,4)5)26(2)32(36)39-31(25)34(6,37)24-38-35(27-18-12-9-13-19-27,28-20-14-10-15-21-28)29-22-16-11-17-23-29/h9-23,25-26,30-31,37H,24H2,1-8H3/t25-,26+,30-,31+,34+/m0/s1. The van der Waals surface area contributed by atoms with E-state index < -0.39 is 31.5 Å². The molecule has 1 N–H and O–H groups in total. The average molecular weight is 575 g/mol. The minimum Gasteiger partial charge on any atom is -0.459 e. The molecule has 0 radical (unpaired) electrons. The summed E-state index contributed by atoms with van der Waals surface area (Å²) in [5, 5.41) is 12.0. The van der Waals surface area contributed by atoms with Crippen molar-refractivity contribution >= 4 is 14.3 Å². The van der Waals surface area contributed by atoms with Crippen LogP contribution in [0.5, 0.6) is 0 Å². The zero-order chi connectivity index (χ0) is 30.1. The highest BCUT2D eigenvalue weighted by Gasteiger charge is 2.53. The van der Waals surface area contributed by atoms with Crippen LogP contribution in [0, 0.1) is 11.8 Å². The SMILES string of the molecule is C[C@H]1[C@H](O[Si](C)(C)C(C)(C)C)[C@@H](C)C(=O)O[C@H]1[C@](C)(O)COC(c1ccccc1)(c1ccccc1)c1ccccc1. The van der Waals surface area contributed by atoms with Gasteiger partial charge in [0.05, 0.1) is 18.6 Å². The van der Waals surface area contributed by atoms with Crippen LogP contribution in [0.1, 0.15) is 58.2 Å².